The van der Waals surface area contributed by atoms with E-state index in [4.69, 9.17) is 0 Å². The van der Waals surface area contributed by atoms with Gasteiger partial charge in [0, 0.05) is 0 Å². The number of unbranched alkanes of at least 4 members (excludes halogenated alkanes) is 1. The molecule has 1 heterocycles. The summed E-state index contributed by atoms with van der Waals surface area (Å²) in [4.78, 5) is 5.35. The van der Waals surface area contributed by atoms with Gasteiger partial charge in [-0.05, 0) is 6.42 Å². The monoisotopic (exact) mass is 144 g/mol. The Kier molecular flexibility index (Phi) is 4.76. The second kappa shape index (κ2) is 5.11. The summed E-state index contributed by atoms with van der Waals surface area (Å²) in [7, 11) is 0. The smallest absolute Gasteiger partial charge is 0.193 e. The molecule has 10 heavy (non-hydrogen) atoms. The maximum atomic E-state index is 3.98. The van der Waals surface area contributed by atoms with Crippen molar-refractivity contribution in [2.45, 2.75) is 19.8 Å². The highest BCUT2D eigenvalue weighted by molar-refractivity contribution is 5.47. The molecule has 1 rings (SSSR count). The molecule has 1 unspecified atom stereocenters. The molecule has 2 nitrogen and oxygen atoms in total. The largest absolute Gasteiger partial charge is 1.00 e. The number of hydrogen-bond acceptors (Lipinski definition) is 1. The third kappa shape index (κ3) is 2.73. The summed E-state index contributed by atoms with van der Waals surface area (Å²) < 4.78 is 0. The molecule has 0 bridgehead atoms. The molecule has 0 amide bonds. The summed E-state index contributed by atoms with van der Waals surface area (Å²) in [5, 5.41) is 0. The fourth-order valence-corrected chi connectivity index (χ4v) is 0.849. The topological polar surface area (TPSA) is 16.8 Å². The highest BCUT2D eigenvalue weighted by Gasteiger charge is 2.02. The summed E-state index contributed by atoms with van der Waals surface area (Å²) in [6.07, 6.45) is 8.42. The first-order valence-electron chi connectivity index (χ1n) is 3.49. The van der Waals surface area contributed by atoms with Gasteiger partial charge in [0.2, 0.25) is 0 Å². The second-order valence-electron chi connectivity index (χ2n) is 2.27. The van der Waals surface area contributed by atoms with Crippen molar-refractivity contribution in [1.82, 2.24) is 0 Å². The van der Waals surface area contributed by atoms with Gasteiger partial charge in [-0.3, -0.25) is 4.90 Å². The van der Waals surface area contributed by atoms with E-state index in [0.717, 1.165) is 0 Å². The van der Waals surface area contributed by atoms with Gasteiger partial charge >= 0.3 is 0 Å². The lowest BCUT2D eigenvalue weighted by molar-refractivity contribution is -0.736. The predicted octanol–water partition coefficient (Wildman–Crippen LogP) is -2.81. The number of rotatable bonds is 3. The Labute approximate surface area is 60.6 Å². The van der Waals surface area contributed by atoms with Crippen molar-refractivity contribution < 1.29 is 9.60 Å². The van der Waals surface area contributed by atoms with Crippen molar-refractivity contribution in [1.29, 1.82) is 0 Å². The number of quaternary nitrogens is 1. The molecule has 0 aliphatic carbocycles. The highest BCUT2D eigenvalue weighted by atomic mass is 19.0. The van der Waals surface area contributed by atoms with Crippen LogP contribution in [0.5, 0.6) is 0 Å². The Morgan fingerprint density at radius 3 is 2.80 bits per heavy atom. The number of nitrogens with one attached hydrogen (secondary N) is 1. The van der Waals surface area contributed by atoms with Crippen molar-refractivity contribution in [2.75, 3.05) is 6.54 Å². The van der Waals surface area contributed by atoms with Gasteiger partial charge in [-0.25, -0.2) is 4.99 Å². The molecule has 0 saturated heterocycles. The normalized spacial score (nSPS) is 21.1. The second-order valence-corrected chi connectivity index (χ2v) is 2.27. The summed E-state index contributed by atoms with van der Waals surface area (Å²) in [6.45, 7) is 3.40. The van der Waals surface area contributed by atoms with Gasteiger partial charge in [0.25, 0.3) is 0 Å². The van der Waals surface area contributed by atoms with Crippen LogP contribution < -0.4 is 9.60 Å². The van der Waals surface area contributed by atoms with Crippen LogP contribution in [0.4, 0.5) is 0 Å². The van der Waals surface area contributed by atoms with Crippen LogP contribution in [0.1, 0.15) is 19.8 Å². The van der Waals surface area contributed by atoms with Crippen LogP contribution in [0, 0.1) is 0 Å². The number of aliphatic imine (C=N–C) groups is 1. The van der Waals surface area contributed by atoms with E-state index in [-0.39, 0.29) is 4.70 Å². The molecular formula is C7H13FN2. The SMILES string of the molecule is CCCC[NH+]1C=CN=C1.[F-]. The Hall–Kier alpha value is -0.700. The van der Waals surface area contributed by atoms with Gasteiger partial charge in [-0.1, -0.05) is 13.3 Å². The van der Waals surface area contributed by atoms with Gasteiger partial charge in [0.05, 0.1) is 12.7 Å². The molecule has 0 saturated carbocycles. The Bertz CT molecular complexity index is 120. The fraction of sp³-hybridized carbons (Fsp3) is 0.571. The highest BCUT2D eigenvalue weighted by Crippen LogP contribution is 1.80. The first kappa shape index (κ1) is 9.30. The molecule has 1 aliphatic rings. The van der Waals surface area contributed by atoms with Crippen LogP contribution in [0.25, 0.3) is 0 Å². The molecule has 58 valence electrons. The molecule has 3 heteroatoms. The average molecular weight is 144 g/mol. The minimum atomic E-state index is 0. The molecule has 0 spiro atoms. The molecule has 0 aromatic heterocycles. The summed E-state index contributed by atoms with van der Waals surface area (Å²) in [6, 6.07) is 0. The molecule has 0 fully saturated rings. The summed E-state index contributed by atoms with van der Waals surface area (Å²) >= 11 is 0. The lowest BCUT2D eigenvalue weighted by Gasteiger charge is -2.01. The molecule has 1 N–H and O–H groups in total. The van der Waals surface area contributed by atoms with Crippen molar-refractivity contribution in [2.24, 2.45) is 4.99 Å². The lowest BCUT2D eigenvalue weighted by Crippen LogP contribution is -3.05. The zero-order chi connectivity index (χ0) is 6.53. The van der Waals surface area contributed by atoms with E-state index in [0.29, 0.717) is 0 Å². The zero-order valence-electron chi connectivity index (χ0n) is 6.18. The van der Waals surface area contributed by atoms with Gasteiger partial charge < -0.3 is 4.70 Å². The lowest BCUT2D eigenvalue weighted by atomic mass is 10.3. The standard InChI is InChI=1S/C7H12N2.FH/c1-2-3-5-9-6-4-8-7-9;/h4,6-7H,2-3,5H2,1H3;1H. The fourth-order valence-electron chi connectivity index (χ4n) is 0.849. The van der Waals surface area contributed by atoms with E-state index in [9.17, 15) is 0 Å². The number of nitrogens with zero attached hydrogens (tertiary/aromatic N) is 1. The number of halogens is 1. The van der Waals surface area contributed by atoms with E-state index in [1.807, 2.05) is 12.5 Å². The van der Waals surface area contributed by atoms with Crippen LogP contribution in [-0.2, 0) is 0 Å². The summed E-state index contributed by atoms with van der Waals surface area (Å²) in [5.74, 6) is 0. The van der Waals surface area contributed by atoms with E-state index in [1.165, 1.54) is 24.3 Å². The molecule has 0 radical (unpaired) electrons. The van der Waals surface area contributed by atoms with Gasteiger partial charge in [-0.2, -0.15) is 0 Å². The van der Waals surface area contributed by atoms with E-state index >= 15 is 0 Å². The average Bonchev–Trinajstić information content (AvgIpc) is 2.34. The van der Waals surface area contributed by atoms with Crippen molar-refractivity contribution in [3.8, 4) is 0 Å². The maximum Gasteiger partial charge on any atom is 0.193 e. The van der Waals surface area contributed by atoms with Crippen LogP contribution >= 0.6 is 0 Å². The van der Waals surface area contributed by atoms with Crippen LogP contribution in [-0.4, -0.2) is 12.9 Å². The molecule has 0 aromatic rings. The van der Waals surface area contributed by atoms with Crippen LogP contribution in [0.2, 0.25) is 0 Å². The Morgan fingerprint density at radius 1 is 1.50 bits per heavy atom. The maximum absolute atomic E-state index is 3.98. The first-order chi connectivity index (χ1) is 4.43. The third-order valence-corrected chi connectivity index (χ3v) is 1.43. The quantitative estimate of drug-likeness (QED) is 0.440. The van der Waals surface area contributed by atoms with Gasteiger partial charge in [0.15, 0.2) is 6.34 Å². The zero-order valence-corrected chi connectivity index (χ0v) is 6.18. The Morgan fingerprint density at radius 2 is 2.30 bits per heavy atom. The minimum Gasteiger partial charge on any atom is -1.00 e. The first-order valence-corrected chi connectivity index (χ1v) is 3.49. The van der Waals surface area contributed by atoms with Crippen molar-refractivity contribution in [3.63, 3.8) is 0 Å². The molecule has 0 aromatic carbocycles. The molecule has 1 aliphatic heterocycles. The van der Waals surface area contributed by atoms with E-state index < -0.39 is 0 Å². The van der Waals surface area contributed by atoms with Crippen molar-refractivity contribution >= 4 is 6.34 Å². The predicted molar refractivity (Wildman–Crippen MR) is 38.4 cm³/mol. The third-order valence-electron chi connectivity index (χ3n) is 1.43. The molecule has 1 atom stereocenters. The van der Waals surface area contributed by atoms with Gasteiger partial charge in [0.1, 0.15) is 6.20 Å². The van der Waals surface area contributed by atoms with E-state index in [1.54, 1.807) is 0 Å². The van der Waals surface area contributed by atoms with Crippen molar-refractivity contribution in [3.05, 3.63) is 12.4 Å². The van der Waals surface area contributed by atoms with Crippen LogP contribution in [0.3, 0.4) is 0 Å². The Balaban J connectivity index is 0.000000810. The van der Waals surface area contributed by atoms with E-state index in [2.05, 4.69) is 18.1 Å². The van der Waals surface area contributed by atoms with Gasteiger partial charge in [-0.15, -0.1) is 0 Å². The summed E-state index contributed by atoms with van der Waals surface area (Å²) in [5.41, 5.74) is 0. The van der Waals surface area contributed by atoms with Crippen LogP contribution in [0.15, 0.2) is 17.4 Å². The minimum absolute atomic E-state index is 0. The molecular weight excluding hydrogens is 131 g/mol. The number of hydrogen-bond donors (Lipinski definition) is 1.